The van der Waals surface area contributed by atoms with Gasteiger partial charge in [0.05, 0.1) is 11.4 Å². The number of hydrogen-bond acceptors (Lipinski definition) is 3. The third kappa shape index (κ3) is 3.64. The second-order valence-corrected chi connectivity index (χ2v) is 7.05. The maximum atomic E-state index is 12.8. The van der Waals surface area contributed by atoms with Crippen LogP contribution in [0.3, 0.4) is 0 Å². The third-order valence-electron chi connectivity index (χ3n) is 4.27. The number of nitrogens with one attached hydrogen (secondary N) is 1. The molecule has 0 aliphatic carbocycles. The Labute approximate surface area is 161 Å². The molecule has 1 N–H and O–H groups in total. The molecular formula is C19H19BrClN3O. The van der Waals surface area contributed by atoms with Crippen LogP contribution in [0.15, 0.2) is 51.9 Å². The fourth-order valence-corrected chi connectivity index (χ4v) is 3.54. The molecule has 0 spiro atoms. The van der Waals surface area contributed by atoms with Crippen molar-refractivity contribution in [2.75, 3.05) is 18.4 Å². The minimum absolute atomic E-state index is 0.130. The molecule has 130 valence electrons. The van der Waals surface area contributed by atoms with Crippen LogP contribution in [0, 0.1) is 0 Å². The molecule has 1 heterocycles. The van der Waals surface area contributed by atoms with Gasteiger partial charge in [0.2, 0.25) is 0 Å². The molecule has 2 aromatic rings. The van der Waals surface area contributed by atoms with Crippen molar-refractivity contribution in [1.82, 2.24) is 4.90 Å². The van der Waals surface area contributed by atoms with Crippen molar-refractivity contribution >= 4 is 44.8 Å². The molecule has 0 saturated carbocycles. The zero-order valence-corrected chi connectivity index (χ0v) is 16.4. The van der Waals surface area contributed by atoms with Gasteiger partial charge in [0.25, 0.3) is 5.91 Å². The second kappa shape index (κ2) is 7.68. The Kier molecular flexibility index (Phi) is 5.57. The average Bonchev–Trinajstić information content (AvgIpc) is 2.74. The fourth-order valence-electron chi connectivity index (χ4n) is 2.95. The Morgan fingerprint density at radius 3 is 2.56 bits per heavy atom. The predicted octanol–water partition coefficient (Wildman–Crippen LogP) is 4.56. The molecule has 1 atom stereocenters. The van der Waals surface area contributed by atoms with E-state index in [4.69, 9.17) is 16.6 Å². The summed E-state index contributed by atoms with van der Waals surface area (Å²) >= 11 is 9.95. The molecule has 0 aromatic heterocycles. The van der Waals surface area contributed by atoms with Crippen LogP contribution in [0.4, 0.5) is 5.69 Å². The van der Waals surface area contributed by atoms with Crippen LogP contribution < -0.4 is 5.32 Å². The maximum absolute atomic E-state index is 12.8. The molecule has 0 fully saturated rings. The quantitative estimate of drug-likeness (QED) is 0.788. The highest BCUT2D eigenvalue weighted by Crippen LogP contribution is 2.30. The molecule has 6 heteroatoms. The number of fused-ring (bicyclic) bond motifs is 1. The van der Waals surface area contributed by atoms with Crippen molar-refractivity contribution in [2.45, 2.75) is 20.0 Å². The monoisotopic (exact) mass is 419 g/mol. The van der Waals surface area contributed by atoms with E-state index in [0.717, 1.165) is 40.1 Å². The largest absolute Gasteiger partial charge is 0.322 e. The van der Waals surface area contributed by atoms with E-state index in [1.807, 2.05) is 61.2 Å². The summed E-state index contributed by atoms with van der Waals surface area (Å²) in [6.07, 6.45) is -0.590. The van der Waals surface area contributed by atoms with Crippen molar-refractivity contribution in [3.05, 3.63) is 63.1 Å². The number of amides is 1. The molecule has 4 nitrogen and oxygen atoms in total. The number of halogens is 2. The zero-order chi connectivity index (χ0) is 18.0. The van der Waals surface area contributed by atoms with Crippen molar-refractivity contribution < 1.29 is 4.79 Å². The van der Waals surface area contributed by atoms with Crippen LogP contribution in [-0.2, 0) is 4.79 Å². The van der Waals surface area contributed by atoms with E-state index < -0.39 is 6.17 Å². The topological polar surface area (TPSA) is 44.7 Å². The molecule has 3 rings (SSSR count). The molecule has 1 aliphatic heterocycles. The lowest BCUT2D eigenvalue weighted by atomic mass is 10.0. The number of likely N-dealkylation sites (N-methyl/N-ethyl adjacent to an activating group) is 1. The highest BCUT2D eigenvalue weighted by Gasteiger charge is 2.29. The van der Waals surface area contributed by atoms with Gasteiger partial charge in [0.1, 0.15) is 0 Å². The van der Waals surface area contributed by atoms with Gasteiger partial charge in [-0.1, -0.05) is 59.6 Å². The van der Waals surface area contributed by atoms with Gasteiger partial charge >= 0.3 is 0 Å². The number of aliphatic imine (C=N–C) groups is 1. The number of anilines is 1. The normalized spacial score (nSPS) is 16.9. The Hall–Kier alpha value is -1.69. The fraction of sp³-hybridized carbons (Fsp3) is 0.263. The number of carbonyl (C=O) groups is 1. The standard InChI is InChI=1S/C19H19BrClN3O/c1-3-24(4-2)18-19(25)22-16-10-9-12(20)11-14(16)17(23-18)13-7-5-6-8-15(13)21/h5-11,18H,3-4H2,1-2H3,(H,22,25). The van der Waals surface area contributed by atoms with Crippen molar-refractivity contribution in [3.63, 3.8) is 0 Å². The molecule has 0 saturated heterocycles. The van der Waals surface area contributed by atoms with Gasteiger partial charge in [-0.05, 0) is 37.4 Å². The Bertz CT molecular complexity index is 833. The van der Waals surface area contributed by atoms with Gasteiger partial charge in [-0.25, -0.2) is 0 Å². The first-order valence-corrected chi connectivity index (χ1v) is 9.39. The second-order valence-electron chi connectivity index (χ2n) is 5.73. The van der Waals surface area contributed by atoms with E-state index in [2.05, 4.69) is 21.2 Å². The van der Waals surface area contributed by atoms with Crippen molar-refractivity contribution in [2.24, 2.45) is 4.99 Å². The van der Waals surface area contributed by atoms with Gasteiger partial charge in [0.15, 0.2) is 6.17 Å². The van der Waals surface area contributed by atoms with Crippen LogP contribution in [-0.4, -0.2) is 35.8 Å². The minimum atomic E-state index is -0.590. The summed E-state index contributed by atoms with van der Waals surface area (Å²) in [6, 6.07) is 13.3. The highest BCUT2D eigenvalue weighted by atomic mass is 79.9. The number of rotatable bonds is 4. The summed E-state index contributed by atoms with van der Waals surface area (Å²) in [7, 11) is 0. The number of benzodiazepines with no additional fused rings is 1. The summed E-state index contributed by atoms with van der Waals surface area (Å²) in [6.45, 7) is 5.51. The van der Waals surface area contributed by atoms with Gasteiger partial charge in [-0.15, -0.1) is 0 Å². The summed E-state index contributed by atoms with van der Waals surface area (Å²) in [4.78, 5) is 19.6. The smallest absolute Gasteiger partial charge is 0.264 e. The van der Waals surface area contributed by atoms with Crippen molar-refractivity contribution in [3.8, 4) is 0 Å². The Morgan fingerprint density at radius 1 is 1.16 bits per heavy atom. The lowest BCUT2D eigenvalue weighted by Gasteiger charge is -2.24. The van der Waals surface area contributed by atoms with Crippen LogP contribution in [0.25, 0.3) is 0 Å². The van der Waals surface area contributed by atoms with Crippen molar-refractivity contribution in [1.29, 1.82) is 0 Å². The van der Waals surface area contributed by atoms with Crippen LogP contribution in [0.1, 0.15) is 25.0 Å². The molecule has 2 aromatic carbocycles. The number of benzene rings is 2. The predicted molar refractivity (Wildman–Crippen MR) is 107 cm³/mol. The summed E-state index contributed by atoms with van der Waals surface area (Å²) in [5, 5.41) is 3.62. The van der Waals surface area contributed by atoms with Crippen LogP contribution in [0.5, 0.6) is 0 Å². The number of hydrogen-bond donors (Lipinski definition) is 1. The lowest BCUT2D eigenvalue weighted by molar-refractivity contribution is -0.120. The minimum Gasteiger partial charge on any atom is -0.322 e. The van der Waals surface area contributed by atoms with E-state index in [1.165, 1.54) is 0 Å². The number of nitrogens with zero attached hydrogens (tertiary/aromatic N) is 2. The van der Waals surface area contributed by atoms with Gasteiger partial charge in [0, 0.05) is 20.6 Å². The summed E-state index contributed by atoms with van der Waals surface area (Å²) in [5.41, 5.74) is 3.13. The Morgan fingerprint density at radius 2 is 1.88 bits per heavy atom. The Balaban J connectivity index is 2.24. The van der Waals surface area contributed by atoms with Gasteiger partial charge < -0.3 is 5.32 Å². The molecule has 0 bridgehead atoms. The highest BCUT2D eigenvalue weighted by molar-refractivity contribution is 9.10. The molecule has 1 amide bonds. The first kappa shape index (κ1) is 18.1. The average molecular weight is 421 g/mol. The van der Waals surface area contributed by atoms with E-state index in [0.29, 0.717) is 5.02 Å². The molecule has 0 radical (unpaired) electrons. The first-order chi connectivity index (χ1) is 12.0. The van der Waals surface area contributed by atoms with E-state index in [-0.39, 0.29) is 5.91 Å². The SMILES string of the molecule is CCN(CC)C1N=C(c2ccccc2Cl)c2cc(Br)ccc2NC1=O. The maximum Gasteiger partial charge on any atom is 0.264 e. The summed E-state index contributed by atoms with van der Waals surface area (Å²) < 4.78 is 0.918. The van der Waals surface area contributed by atoms with E-state index in [1.54, 1.807) is 0 Å². The van der Waals surface area contributed by atoms with E-state index >= 15 is 0 Å². The van der Waals surface area contributed by atoms with E-state index in [9.17, 15) is 4.79 Å². The molecule has 1 aliphatic rings. The van der Waals surface area contributed by atoms with Gasteiger partial charge in [-0.3, -0.25) is 14.7 Å². The number of carbonyl (C=O) groups excluding carboxylic acids is 1. The molecular weight excluding hydrogens is 402 g/mol. The zero-order valence-electron chi connectivity index (χ0n) is 14.1. The summed E-state index contributed by atoms with van der Waals surface area (Å²) in [5.74, 6) is -0.130. The van der Waals surface area contributed by atoms with Crippen LogP contribution in [0.2, 0.25) is 5.02 Å². The molecule has 1 unspecified atom stereocenters. The van der Waals surface area contributed by atoms with Crippen LogP contribution >= 0.6 is 27.5 Å². The lowest BCUT2D eigenvalue weighted by Crippen LogP contribution is -2.42. The molecule has 25 heavy (non-hydrogen) atoms. The first-order valence-electron chi connectivity index (χ1n) is 8.22. The van der Waals surface area contributed by atoms with Gasteiger partial charge in [-0.2, -0.15) is 0 Å². The third-order valence-corrected chi connectivity index (χ3v) is 5.09.